The van der Waals surface area contributed by atoms with Crippen molar-refractivity contribution in [1.29, 1.82) is 0 Å². The molecular weight excluding hydrogens is 366 g/mol. The van der Waals surface area contributed by atoms with E-state index in [1.165, 1.54) is 4.57 Å². The molecule has 0 fully saturated rings. The smallest absolute Gasteiger partial charge is 0.340 e. The highest BCUT2D eigenvalue weighted by atomic mass is 16.5. The fraction of sp³-hybridized carbons (Fsp3) is 0.348. The second-order valence-corrected chi connectivity index (χ2v) is 7.00. The summed E-state index contributed by atoms with van der Waals surface area (Å²) >= 11 is 0. The number of para-hydroxylation sites is 1. The molecule has 0 radical (unpaired) electrons. The van der Waals surface area contributed by atoms with Gasteiger partial charge in [-0.05, 0) is 56.8 Å². The second-order valence-electron chi connectivity index (χ2n) is 7.00. The van der Waals surface area contributed by atoms with Gasteiger partial charge in [0, 0.05) is 6.54 Å². The first-order valence-electron chi connectivity index (χ1n) is 9.95. The Kier molecular flexibility index (Phi) is 6.44. The zero-order chi connectivity index (χ0) is 21.0. The normalized spacial score (nSPS) is 11.2. The first kappa shape index (κ1) is 20.7. The van der Waals surface area contributed by atoms with Crippen LogP contribution in [0.2, 0.25) is 0 Å². The molecular formula is C23H27N3O3. The molecule has 0 saturated carbocycles. The molecule has 0 atom stereocenters. The van der Waals surface area contributed by atoms with E-state index in [0.29, 0.717) is 41.1 Å². The zero-order valence-electron chi connectivity index (χ0n) is 17.4. The van der Waals surface area contributed by atoms with Gasteiger partial charge >= 0.3 is 5.97 Å². The lowest BCUT2D eigenvalue weighted by Crippen LogP contribution is -2.28. The molecule has 1 heterocycles. The maximum absolute atomic E-state index is 13.2. The summed E-state index contributed by atoms with van der Waals surface area (Å²) in [5.41, 5.74) is 2.24. The molecule has 6 nitrogen and oxygen atoms in total. The maximum atomic E-state index is 13.2. The number of carbonyl (C=O) groups is 1. The summed E-state index contributed by atoms with van der Waals surface area (Å²) in [4.78, 5) is 32.7. The number of rotatable bonds is 7. The Balaban J connectivity index is 2.01. The van der Waals surface area contributed by atoms with Gasteiger partial charge in [0.1, 0.15) is 12.4 Å². The van der Waals surface area contributed by atoms with Gasteiger partial charge in [0.2, 0.25) is 0 Å². The molecule has 0 saturated heterocycles. The predicted molar refractivity (Wildman–Crippen MR) is 115 cm³/mol. The lowest BCUT2D eigenvalue weighted by molar-refractivity contribution is 0.0466. The lowest BCUT2D eigenvalue weighted by atomic mass is 10.1. The molecule has 0 spiro atoms. The average molecular weight is 393 g/mol. The highest BCUT2D eigenvalue weighted by Crippen LogP contribution is 2.19. The topological polar surface area (TPSA) is 64.4 Å². The summed E-state index contributed by atoms with van der Waals surface area (Å²) in [7, 11) is 0. The lowest BCUT2D eigenvalue weighted by Gasteiger charge is -2.18. The third kappa shape index (κ3) is 4.38. The van der Waals surface area contributed by atoms with Gasteiger partial charge in [0.15, 0.2) is 0 Å². The molecule has 0 unspecified atom stereocenters. The van der Waals surface area contributed by atoms with Crippen molar-refractivity contribution in [2.24, 2.45) is 0 Å². The van der Waals surface area contributed by atoms with Crippen LogP contribution in [0, 0.1) is 13.8 Å². The molecule has 0 amide bonds. The van der Waals surface area contributed by atoms with Gasteiger partial charge in [-0.2, -0.15) is 0 Å². The molecule has 3 aromatic rings. The first-order chi connectivity index (χ1) is 14.0. The SMILES string of the molecule is CCN(CC)CCOC(=O)c1ccc(C)cc1-n1c(C)nc2ccccc2c1=O. The highest BCUT2D eigenvalue weighted by Gasteiger charge is 2.18. The van der Waals surface area contributed by atoms with Gasteiger partial charge in [0.05, 0.1) is 22.2 Å². The van der Waals surface area contributed by atoms with Gasteiger partial charge in [-0.1, -0.05) is 32.0 Å². The summed E-state index contributed by atoms with van der Waals surface area (Å²) in [5.74, 6) is 0.0862. The van der Waals surface area contributed by atoms with Crippen LogP contribution in [0.4, 0.5) is 0 Å². The number of ether oxygens (including phenoxy) is 1. The standard InChI is InChI=1S/C23H27N3O3/c1-5-25(6-2)13-14-29-23(28)19-12-11-16(3)15-21(19)26-17(4)24-20-10-8-7-9-18(20)22(26)27/h7-12,15H,5-6,13-14H2,1-4H3. The van der Waals surface area contributed by atoms with E-state index in [1.54, 1.807) is 19.1 Å². The maximum Gasteiger partial charge on any atom is 0.340 e. The molecule has 29 heavy (non-hydrogen) atoms. The minimum Gasteiger partial charge on any atom is -0.461 e. The summed E-state index contributed by atoms with van der Waals surface area (Å²) < 4.78 is 7.01. The van der Waals surface area contributed by atoms with Crippen molar-refractivity contribution in [2.45, 2.75) is 27.7 Å². The van der Waals surface area contributed by atoms with Crippen molar-refractivity contribution < 1.29 is 9.53 Å². The van der Waals surface area contributed by atoms with Gasteiger partial charge in [-0.25, -0.2) is 9.78 Å². The number of likely N-dealkylation sites (N-methyl/N-ethyl adjacent to an activating group) is 1. The van der Waals surface area contributed by atoms with Crippen molar-refractivity contribution in [1.82, 2.24) is 14.5 Å². The summed E-state index contributed by atoms with van der Waals surface area (Å²) in [6.45, 7) is 10.6. The Bertz CT molecular complexity index is 1080. The fourth-order valence-corrected chi connectivity index (χ4v) is 3.41. The second kappa shape index (κ2) is 9.01. The van der Waals surface area contributed by atoms with E-state index in [4.69, 9.17) is 4.74 Å². The molecule has 2 aromatic carbocycles. The molecule has 3 rings (SSSR count). The first-order valence-corrected chi connectivity index (χ1v) is 9.95. The van der Waals surface area contributed by atoms with Crippen LogP contribution in [-0.2, 0) is 4.74 Å². The summed E-state index contributed by atoms with van der Waals surface area (Å²) in [6.07, 6.45) is 0. The zero-order valence-corrected chi connectivity index (χ0v) is 17.4. The van der Waals surface area contributed by atoms with E-state index in [-0.39, 0.29) is 5.56 Å². The number of esters is 1. The van der Waals surface area contributed by atoms with E-state index < -0.39 is 5.97 Å². The highest BCUT2D eigenvalue weighted by molar-refractivity contribution is 5.94. The van der Waals surface area contributed by atoms with E-state index >= 15 is 0 Å². The number of benzene rings is 2. The summed E-state index contributed by atoms with van der Waals surface area (Å²) in [5, 5.41) is 0.514. The minimum atomic E-state index is -0.438. The minimum absolute atomic E-state index is 0.198. The van der Waals surface area contributed by atoms with E-state index in [2.05, 4.69) is 23.7 Å². The van der Waals surface area contributed by atoms with Crippen LogP contribution in [0.5, 0.6) is 0 Å². The predicted octanol–water partition coefficient (Wildman–Crippen LogP) is 3.50. The molecule has 0 aliphatic heterocycles. The molecule has 0 aliphatic carbocycles. The van der Waals surface area contributed by atoms with Crippen molar-refractivity contribution >= 4 is 16.9 Å². The fourth-order valence-electron chi connectivity index (χ4n) is 3.41. The van der Waals surface area contributed by atoms with Gasteiger partial charge in [-0.3, -0.25) is 9.36 Å². The number of nitrogens with zero attached hydrogens (tertiary/aromatic N) is 3. The van der Waals surface area contributed by atoms with Crippen LogP contribution in [0.1, 0.15) is 35.6 Å². The van der Waals surface area contributed by atoms with Crippen molar-refractivity contribution in [2.75, 3.05) is 26.2 Å². The summed E-state index contributed by atoms with van der Waals surface area (Å²) in [6, 6.07) is 12.6. The van der Waals surface area contributed by atoms with Crippen LogP contribution in [-0.4, -0.2) is 46.7 Å². The van der Waals surface area contributed by atoms with Crippen LogP contribution in [0.15, 0.2) is 47.3 Å². The Morgan fingerprint density at radius 3 is 2.55 bits per heavy atom. The van der Waals surface area contributed by atoms with E-state index in [0.717, 1.165) is 18.7 Å². The molecule has 0 N–H and O–H groups in total. The number of hydrogen-bond acceptors (Lipinski definition) is 5. The van der Waals surface area contributed by atoms with Gasteiger partial charge in [0.25, 0.3) is 5.56 Å². The molecule has 0 bridgehead atoms. The van der Waals surface area contributed by atoms with Gasteiger partial charge in [-0.15, -0.1) is 0 Å². The monoisotopic (exact) mass is 393 g/mol. The molecule has 1 aromatic heterocycles. The Labute approximate surface area is 170 Å². The van der Waals surface area contributed by atoms with Crippen LogP contribution in [0.25, 0.3) is 16.6 Å². The molecule has 0 aliphatic rings. The number of hydrogen-bond donors (Lipinski definition) is 0. The number of fused-ring (bicyclic) bond motifs is 1. The van der Waals surface area contributed by atoms with E-state index in [1.807, 2.05) is 37.3 Å². The largest absolute Gasteiger partial charge is 0.461 e. The third-order valence-electron chi connectivity index (χ3n) is 5.09. The Morgan fingerprint density at radius 2 is 1.83 bits per heavy atom. The quantitative estimate of drug-likeness (QED) is 0.575. The van der Waals surface area contributed by atoms with Crippen LogP contribution in [0.3, 0.4) is 0 Å². The van der Waals surface area contributed by atoms with Gasteiger partial charge < -0.3 is 9.64 Å². The van der Waals surface area contributed by atoms with Crippen molar-refractivity contribution in [3.63, 3.8) is 0 Å². The van der Waals surface area contributed by atoms with Crippen LogP contribution < -0.4 is 5.56 Å². The third-order valence-corrected chi connectivity index (χ3v) is 5.09. The number of aryl methyl sites for hydroxylation is 2. The Morgan fingerprint density at radius 1 is 1.10 bits per heavy atom. The average Bonchev–Trinajstić information content (AvgIpc) is 2.71. The van der Waals surface area contributed by atoms with E-state index in [9.17, 15) is 9.59 Å². The Hall–Kier alpha value is -2.99. The van der Waals surface area contributed by atoms with Crippen molar-refractivity contribution in [3.05, 3.63) is 69.8 Å². The number of carbonyl (C=O) groups excluding carboxylic acids is 1. The van der Waals surface area contributed by atoms with Crippen LogP contribution >= 0.6 is 0 Å². The molecule has 6 heteroatoms. The molecule has 152 valence electrons. The van der Waals surface area contributed by atoms with Crippen molar-refractivity contribution in [3.8, 4) is 5.69 Å². The number of aromatic nitrogens is 2.